The molecule has 122 valence electrons. The Morgan fingerprint density at radius 2 is 1.83 bits per heavy atom. The molecule has 24 heavy (non-hydrogen) atoms. The summed E-state index contributed by atoms with van der Waals surface area (Å²) in [5.41, 5.74) is 1.02. The highest BCUT2D eigenvalue weighted by molar-refractivity contribution is 6.30. The number of anilines is 3. The molecule has 7 nitrogen and oxygen atoms in total. The summed E-state index contributed by atoms with van der Waals surface area (Å²) < 4.78 is 4.92. The van der Waals surface area contributed by atoms with E-state index in [0.29, 0.717) is 28.2 Å². The maximum absolute atomic E-state index is 12.3. The van der Waals surface area contributed by atoms with Gasteiger partial charge in [0.15, 0.2) is 5.82 Å². The topological polar surface area (TPSA) is 92.9 Å². The van der Waals surface area contributed by atoms with E-state index in [9.17, 15) is 4.79 Å². The Morgan fingerprint density at radius 1 is 1.08 bits per heavy atom. The number of nitrogens with one attached hydrogen (secondary N) is 2. The van der Waals surface area contributed by atoms with E-state index in [0.717, 1.165) is 5.69 Å². The number of benzene rings is 1. The number of amides is 1. The fourth-order valence-corrected chi connectivity index (χ4v) is 2.16. The van der Waals surface area contributed by atoms with Crippen LogP contribution in [0.25, 0.3) is 0 Å². The fraction of sp³-hybridized carbons (Fsp3) is 0.125. The highest BCUT2D eigenvalue weighted by Gasteiger charge is 2.13. The number of aryl methyl sites for hydroxylation is 2. The first kappa shape index (κ1) is 15.9. The number of hydrogen-bond donors (Lipinski definition) is 2. The Kier molecular flexibility index (Phi) is 4.43. The van der Waals surface area contributed by atoms with Crippen LogP contribution in [0.15, 0.2) is 40.9 Å². The van der Waals surface area contributed by atoms with Gasteiger partial charge in [0.1, 0.15) is 23.1 Å². The molecule has 0 atom stereocenters. The van der Waals surface area contributed by atoms with Crippen molar-refractivity contribution in [3.8, 4) is 0 Å². The number of hydrogen-bond acceptors (Lipinski definition) is 6. The van der Waals surface area contributed by atoms with Crippen LogP contribution in [0.5, 0.6) is 0 Å². The predicted octanol–water partition coefficient (Wildman–Crippen LogP) is 3.73. The van der Waals surface area contributed by atoms with Gasteiger partial charge in [-0.3, -0.25) is 4.79 Å². The normalized spacial score (nSPS) is 10.5. The number of carbonyl (C=O) groups is 1. The average Bonchev–Trinajstić information content (AvgIpc) is 2.94. The molecule has 3 aromatic rings. The molecule has 2 aromatic heterocycles. The monoisotopic (exact) mass is 343 g/mol. The van der Waals surface area contributed by atoms with Gasteiger partial charge in [0.25, 0.3) is 5.91 Å². The van der Waals surface area contributed by atoms with Crippen molar-refractivity contribution in [3.05, 3.63) is 58.7 Å². The van der Waals surface area contributed by atoms with Crippen LogP contribution in [-0.4, -0.2) is 21.0 Å². The SMILES string of the molecule is Cc1nc(Nc2ccc(Cl)cc2)cc(C(=O)Nc2cc(C)on2)n1. The lowest BCUT2D eigenvalue weighted by molar-refractivity contribution is 0.102. The molecule has 1 amide bonds. The molecule has 3 rings (SSSR count). The molecule has 2 N–H and O–H groups in total. The molecule has 0 saturated heterocycles. The second-order valence-corrected chi connectivity index (χ2v) is 5.53. The van der Waals surface area contributed by atoms with Crippen molar-refractivity contribution in [3.63, 3.8) is 0 Å². The third-order valence-corrected chi connectivity index (χ3v) is 3.31. The first-order valence-electron chi connectivity index (χ1n) is 7.12. The third kappa shape index (κ3) is 3.88. The van der Waals surface area contributed by atoms with Gasteiger partial charge >= 0.3 is 0 Å². The van der Waals surface area contributed by atoms with E-state index in [1.54, 1.807) is 38.1 Å². The smallest absolute Gasteiger partial charge is 0.275 e. The number of rotatable bonds is 4. The highest BCUT2D eigenvalue weighted by atomic mass is 35.5. The van der Waals surface area contributed by atoms with E-state index in [1.165, 1.54) is 0 Å². The summed E-state index contributed by atoms with van der Waals surface area (Å²) >= 11 is 5.87. The van der Waals surface area contributed by atoms with Crippen molar-refractivity contribution in [2.45, 2.75) is 13.8 Å². The van der Waals surface area contributed by atoms with Crippen molar-refractivity contribution in [1.29, 1.82) is 0 Å². The van der Waals surface area contributed by atoms with E-state index in [-0.39, 0.29) is 5.69 Å². The fourth-order valence-electron chi connectivity index (χ4n) is 2.03. The maximum atomic E-state index is 12.3. The highest BCUT2D eigenvalue weighted by Crippen LogP contribution is 2.18. The van der Waals surface area contributed by atoms with E-state index >= 15 is 0 Å². The van der Waals surface area contributed by atoms with Gasteiger partial charge in [-0.15, -0.1) is 0 Å². The molecular weight excluding hydrogens is 330 g/mol. The van der Waals surface area contributed by atoms with Gasteiger partial charge < -0.3 is 15.2 Å². The summed E-state index contributed by atoms with van der Waals surface area (Å²) in [5.74, 6) is 1.52. The zero-order valence-corrected chi connectivity index (χ0v) is 13.8. The van der Waals surface area contributed by atoms with E-state index < -0.39 is 5.91 Å². The molecule has 0 radical (unpaired) electrons. The van der Waals surface area contributed by atoms with Gasteiger partial charge in [0.2, 0.25) is 0 Å². The molecule has 0 saturated carbocycles. The van der Waals surface area contributed by atoms with Gasteiger partial charge in [-0.2, -0.15) is 0 Å². The first-order chi connectivity index (χ1) is 11.5. The number of nitrogens with zero attached hydrogens (tertiary/aromatic N) is 3. The molecule has 0 aliphatic rings. The minimum absolute atomic E-state index is 0.222. The van der Waals surface area contributed by atoms with Gasteiger partial charge in [0.05, 0.1) is 0 Å². The quantitative estimate of drug-likeness (QED) is 0.749. The van der Waals surface area contributed by atoms with Crippen LogP contribution in [0, 0.1) is 13.8 Å². The third-order valence-electron chi connectivity index (χ3n) is 3.06. The summed E-state index contributed by atoms with van der Waals surface area (Å²) in [6, 6.07) is 10.3. The molecule has 8 heteroatoms. The Hall–Kier alpha value is -2.93. The van der Waals surface area contributed by atoms with Gasteiger partial charge in [0, 0.05) is 22.8 Å². The second kappa shape index (κ2) is 6.67. The molecule has 0 aliphatic heterocycles. The second-order valence-electron chi connectivity index (χ2n) is 5.09. The van der Waals surface area contributed by atoms with E-state index in [1.807, 2.05) is 12.1 Å². The summed E-state index contributed by atoms with van der Waals surface area (Å²) in [7, 11) is 0. The zero-order valence-electron chi connectivity index (χ0n) is 13.0. The molecular formula is C16H14ClN5O2. The summed E-state index contributed by atoms with van der Waals surface area (Å²) in [4.78, 5) is 20.7. The van der Waals surface area contributed by atoms with Crippen molar-refractivity contribution in [2.24, 2.45) is 0 Å². The van der Waals surface area contributed by atoms with Crippen LogP contribution >= 0.6 is 11.6 Å². The number of halogens is 1. The van der Waals surface area contributed by atoms with Crippen molar-refractivity contribution in [1.82, 2.24) is 15.1 Å². The van der Waals surface area contributed by atoms with Crippen LogP contribution in [-0.2, 0) is 0 Å². The molecule has 0 unspecified atom stereocenters. The molecule has 2 heterocycles. The Bertz CT molecular complexity index is 876. The number of aromatic nitrogens is 3. The number of carbonyl (C=O) groups excluding carboxylic acids is 1. The van der Waals surface area contributed by atoms with Gasteiger partial charge in [-0.1, -0.05) is 16.8 Å². The standard InChI is InChI=1S/C16H14ClN5O2/c1-9-7-15(22-24-9)21-16(23)13-8-14(19-10(2)18-13)20-12-5-3-11(17)4-6-12/h3-8H,1-2H3,(H,18,19,20)(H,21,22,23). The van der Waals surface area contributed by atoms with Crippen LogP contribution < -0.4 is 10.6 Å². The Balaban J connectivity index is 1.80. The minimum atomic E-state index is -0.395. The van der Waals surface area contributed by atoms with Crippen LogP contribution in [0.4, 0.5) is 17.3 Å². The van der Waals surface area contributed by atoms with Crippen molar-refractivity contribution in [2.75, 3.05) is 10.6 Å². The lowest BCUT2D eigenvalue weighted by atomic mass is 10.3. The zero-order chi connectivity index (χ0) is 17.1. The predicted molar refractivity (Wildman–Crippen MR) is 90.7 cm³/mol. The lowest BCUT2D eigenvalue weighted by Gasteiger charge is -2.08. The van der Waals surface area contributed by atoms with Crippen molar-refractivity contribution >= 4 is 34.8 Å². The largest absolute Gasteiger partial charge is 0.360 e. The molecule has 0 aliphatic carbocycles. The van der Waals surface area contributed by atoms with Crippen LogP contribution in [0.3, 0.4) is 0 Å². The van der Waals surface area contributed by atoms with E-state index in [4.69, 9.17) is 16.1 Å². The first-order valence-corrected chi connectivity index (χ1v) is 7.50. The molecule has 0 spiro atoms. The Labute approximate surface area is 143 Å². The Morgan fingerprint density at radius 3 is 2.50 bits per heavy atom. The lowest BCUT2D eigenvalue weighted by Crippen LogP contribution is -2.15. The van der Waals surface area contributed by atoms with E-state index in [2.05, 4.69) is 25.8 Å². The van der Waals surface area contributed by atoms with Crippen LogP contribution in [0.2, 0.25) is 5.02 Å². The average molecular weight is 344 g/mol. The van der Waals surface area contributed by atoms with Crippen LogP contribution in [0.1, 0.15) is 22.1 Å². The van der Waals surface area contributed by atoms with Crippen molar-refractivity contribution < 1.29 is 9.32 Å². The molecule has 0 bridgehead atoms. The van der Waals surface area contributed by atoms with Gasteiger partial charge in [-0.05, 0) is 38.1 Å². The minimum Gasteiger partial charge on any atom is -0.360 e. The maximum Gasteiger partial charge on any atom is 0.275 e. The summed E-state index contributed by atoms with van der Waals surface area (Å²) in [5, 5.41) is 10.1. The van der Waals surface area contributed by atoms with Gasteiger partial charge in [-0.25, -0.2) is 9.97 Å². The summed E-state index contributed by atoms with van der Waals surface area (Å²) in [6.45, 7) is 3.45. The molecule has 1 aromatic carbocycles. The molecule has 0 fully saturated rings. The summed E-state index contributed by atoms with van der Waals surface area (Å²) in [6.07, 6.45) is 0.